The van der Waals surface area contributed by atoms with Crippen LogP contribution in [0.2, 0.25) is 0 Å². The van der Waals surface area contributed by atoms with Crippen LogP contribution in [0.4, 0.5) is 5.69 Å². The van der Waals surface area contributed by atoms with Crippen LogP contribution in [-0.2, 0) is 9.53 Å². The molecule has 0 aliphatic carbocycles. The number of anilines is 1. The largest absolute Gasteiger partial charge is 0.490 e. The normalized spacial score (nSPS) is 20.5. The van der Waals surface area contributed by atoms with Crippen LogP contribution in [0, 0.1) is 5.92 Å². The molecule has 0 saturated carbocycles. The van der Waals surface area contributed by atoms with E-state index < -0.39 is 6.04 Å². The number of nitrogens with zero attached hydrogens (tertiary/aromatic N) is 4. The lowest BCUT2D eigenvalue weighted by Gasteiger charge is -2.36. The van der Waals surface area contributed by atoms with Gasteiger partial charge in [0.2, 0.25) is 5.91 Å². The van der Waals surface area contributed by atoms with Crippen LogP contribution < -0.4 is 10.1 Å². The Bertz CT molecular complexity index is 1240. The lowest BCUT2D eigenvalue weighted by molar-refractivity contribution is -0.132. The van der Waals surface area contributed by atoms with Gasteiger partial charge >= 0.3 is 0 Å². The highest BCUT2D eigenvalue weighted by Gasteiger charge is 2.31. The Hall–Kier alpha value is -3.54. The topological polar surface area (TPSA) is 125 Å². The lowest BCUT2D eigenvalue weighted by Crippen LogP contribution is -2.48. The van der Waals surface area contributed by atoms with E-state index in [0.717, 1.165) is 32.2 Å². The summed E-state index contributed by atoms with van der Waals surface area (Å²) in [5, 5.41) is 13.1. The minimum atomic E-state index is -0.501. The van der Waals surface area contributed by atoms with E-state index in [0.29, 0.717) is 42.1 Å². The molecule has 4 atom stereocenters. The predicted octanol–water partition coefficient (Wildman–Crippen LogP) is 3.93. The number of hydrogen-bond acceptors (Lipinski definition) is 8. The monoisotopic (exact) mass is 625 g/mol. The van der Waals surface area contributed by atoms with Crippen molar-refractivity contribution in [2.24, 2.45) is 5.92 Å². The summed E-state index contributed by atoms with van der Waals surface area (Å²) in [5.74, 6) is -0.319. The number of hydrogen-bond donors (Lipinski definition) is 2. The van der Waals surface area contributed by atoms with Crippen molar-refractivity contribution in [3.8, 4) is 5.75 Å². The molecule has 11 nitrogen and oxygen atoms in total. The molecule has 11 heteroatoms. The highest BCUT2D eigenvalue weighted by molar-refractivity contribution is 6.05. The molecule has 0 bridgehead atoms. The lowest BCUT2D eigenvalue weighted by atomic mass is 10.0. The first-order valence-electron chi connectivity index (χ1n) is 15.9. The molecule has 0 radical (unpaired) electrons. The zero-order valence-corrected chi connectivity index (χ0v) is 27.7. The highest BCUT2D eigenvalue weighted by atomic mass is 16.5. The summed E-state index contributed by atoms with van der Waals surface area (Å²) < 4.78 is 12.6. The van der Waals surface area contributed by atoms with Crippen LogP contribution in [0.1, 0.15) is 73.6 Å². The molecule has 2 heterocycles. The third-order valence-corrected chi connectivity index (χ3v) is 8.13. The van der Waals surface area contributed by atoms with Crippen LogP contribution >= 0.6 is 0 Å². The smallest absolute Gasteiger partial charge is 0.258 e. The van der Waals surface area contributed by atoms with E-state index in [1.807, 2.05) is 27.9 Å². The third kappa shape index (κ3) is 11.1. The van der Waals surface area contributed by atoms with Gasteiger partial charge < -0.3 is 34.6 Å². The SMILES string of the molecule is C[C@H]1CCCCO[C@H](CN(C)C(=O)CCCN(C)C)[C@@H](C)CN([C@@H](C)CO)C(=O)c2cc(NC(=O)c3ccncc3)ccc2O1. The molecular formula is C34H51N5O6. The molecule has 3 amide bonds. The maximum atomic E-state index is 14.3. The second-order valence-corrected chi connectivity index (χ2v) is 12.4. The molecular weight excluding hydrogens is 574 g/mol. The van der Waals surface area contributed by atoms with Gasteiger partial charge in [-0.25, -0.2) is 0 Å². The average Bonchev–Trinajstić information content (AvgIpc) is 3.02. The summed E-state index contributed by atoms with van der Waals surface area (Å²) >= 11 is 0. The Morgan fingerprint density at radius 1 is 1.13 bits per heavy atom. The Morgan fingerprint density at radius 3 is 2.56 bits per heavy atom. The summed E-state index contributed by atoms with van der Waals surface area (Å²) in [6.07, 6.45) is 6.31. The zero-order valence-electron chi connectivity index (χ0n) is 27.7. The minimum Gasteiger partial charge on any atom is -0.490 e. The van der Waals surface area contributed by atoms with Crippen molar-refractivity contribution < 1.29 is 29.0 Å². The second-order valence-electron chi connectivity index (χ2n) is 12.4. The second kappa shape index (κ2) is 17.8. The Labute approximate surface area is 267 Å². The molecule has 1 aromatic carbocycles. The van der Waals surface area contributed by atoms with Crippen molar-refractivity contribution in [3.05, 3.63) is 53.9 Å². The van der Waals surface area contributed by atoms with Crippen molar-refractivity contribution in [3.63, 3.8) is 0 Å². The molecule has 0 saturated heterocycles. The van der Waals surface area contributed by atoms with Crippen molar-refractivity contribution in [2.45, 2.75) is 71.1 Å². The van der Waals surface area contributed by atoms with Crippen LogP contribution in [0.15, 0.2) is 42.7 Å². The standard InChI is InChI=1S/C34H51N5O6/c1-24-21-39(25(2)23-40)34(43)29-20-28(36-33(42)27-14-16-35-17-15-27)12-13-30(29)45-26(3)10-7-8-19-44-31(24)22-38(6)32(41)11-9-18-37(4)5/h12-17,20,24-26,31,40H,7-11,18-19,21-23H2,1-6H3,(H,36,42)/t24-,25-,26-,31+/m0/s1. The van der Waals surface area contributed by atoms with E-state index in [-0.39, 0.29) is 49.0 Å². The molecule has 0 unspecified atom stereocenters. The van der Waals surface area contributed by atoms with Crippen molar-refractivity contribution in [1.82, 2.24) is 19.7 Å². The van der Waals surface area contributed by atoms with E-state index in [2.05, 4.69) is 15.2 Å². The molecule has 0 fully saturated rings. The fourth-order valence-corrected chi connectivity index (χ4v) is 5.28. The number of carbonyl (C=O) groups is 3. The summed E-state index contributed by atoms with van der Waals surface area (Å²) in [4.78, 5) is 49.5. The van der Waals surface area contributed by atoms with E-state index in [4.69, 9.17) is 9.47 Å². The molecule has 0 spiro atoms. The van der Waals surface area contributed by atoms with Gasteiger partial charge in [-0.1, -0.05) is 6.92 Å². The maximum absolute atomic E-state index is 14.3. The molecule has 3 rings (SSSR count). The number of ether oxygens (including phenoxy) is 2. The molecule has 2 aromatic rings. The number of aliphatic hydroxyl groups is 1. The number of aromatic nitrogens is 1. The summed E-state index contributed by atoms with van der Waals surface area (Å²) in [6.45, 7) is 7.60. The predicted molar refractivity (Wildman–Crippen MR) is 174 cm³/mol. The Kier molecular flexibility index (Phi) is 14.2. The summed E-state index contributed by atoms with van der Waals surface area (Å²) in [6, 6.07) is 7.79. The van der Waals surface area contributed by atoms with E-state index >= 15 is 0 Å². The highest BCUT2D eigenvalue weighted by Crippen LogP contribution is 2.29. The van der Waals surface area contributed by atoms with Gasteiger partial charge in [-0.15, -0.1) is 0 Å². The first-order chi connectivity index (χ1) is 21.5. The summed E-state index contributed by atoms with van der Waals surface area (Å²) in [7, 11) is 5.78. The number of carbonyl (C=O) groups excluding carboxylic acids is 3. The minimum absolute atomic E-state index is 0.0601. The van der Waals surface area contributed by atoms with E-state index in [1.54, 1.807) is 66.5 Å². The molecule has 2 N–H and O–H groups in total. The third-order valence-electron chi connectivity index (χ3n) is 8.13. The van der Waals surface area contributed by atoms with Crippen molar-refractivity contribution in [2.75, 3.05) is 59.3 Å². The maximum Gasteiger partial charge on any atom is 0.258 e. The number of likely N-dealkylation sites (N-methyl/N-ethyl adjacent to an activating group) is 1. The number of pyridine rings is 1. The molecule has 1 aromatic heterocycles. The van der Waals surface area contributed by atoms with E-state index in [1.165, 1.54) is 0 Å². The van der Waals surface area contributed by atoms with Gasteiger partial charge in [-0.05, 0) is 90.5 Å². The number of benzene rings is 1. The van der Waals surface area contributed by atoms with Gasteiger partial charge in [0, 0.05) is 62.7 Å². The van der Waals surface area contributed by atoms with Gasteiger partial charge in [-0.2, -0.15) is 0 Å². The van der Waals surface area contributed by atoms with Gasteiger partial charge in [-0.3, -0.25) is 19.4 Å². The quantitative estimate of drug-likeness (QED) is 0.407. The van der Waals surface area contributed by atoms with Crippen molar-refractivity contribution >= 4 is 23.4 Å². The first kappa shape index (κ1) is 35.9. The number of fused-ring (bicyclic) bond motifs is 1. The zero-order chi connectivity index (χ0) is 32.9. The van der Waals surface area contributed by atoms with Crippen LogP contribution in [-0.4, -0.2) is 115 Å². The first-order valence-corrected chi connectivity index (χ1v) is 15.9. The Morgan fingerprint density at radius 2 is 1.87 bits per heavy atom. The number of nitrogens with one attached hydrogen (secondary N) is 1. The molecule has 248 valence electrons. The Balaban J connectivity index is 1.89. The number of amides is 3. The van der Waals surface area contributed by atoms with Gasteiger partial charge in [0.15, 0.2) is 0 Å². The number of rotatable bonds is 10. The summed E-state index contributed by atoms with van der Waals surface area (Å²) in [5.41, 5.74) is 1.18. The molecule has 1 aliphatic rings. The van der Waals surface area contributed by atoms with Crippen LogP contribution in [0.3, 0.4) is 0 Å². The average molecular weight is 626 g/mol. The number of aliphatic hydroxyl groups excluding tert-OH is 1. The van der Waals surface area contributed by atoms with E-state index in [9.17, 15) is 19.5 Å². The molecule has 1 aliphatic heterocycles. The van der Waals surface area contributed by atoms with Gasteiger partial charge in [0.25, 0.3) is 11.8 Å². The molecule has 45 heavy (non-hydrogen) atoms. The van der Waals surface area contributed by atoms with Crippen LogP contribution in [0.25, 0.3) is 0 Å². The van der Waals surface area contributed by atoms with Gasteiger partial charge in [0.05, 0.1) is 30.4 Å². The van der Waals surface area contributed by atoms with Gasteiger partial charge in [0.1, 0.15) is 5.75 Å². The van der Waals surface area contributed by atoms with Crippen LogP contribution in [0.5, 0.6) is 5.75 Å². The van der Waals surface area contributed by atoms with Crippen molar-refractivity contribution in [1.29, 1.82) is 0 Å². The fraction of sp³-hybridized carbons (Fsp3) is 0.588. The fourth-order valence-electron chi connectivity index (χ4n) is 5.28.